The fraction of sp³-hybridized carbons (Fsp3) is 0.591. The van der Waals surface area contributed by atoms with Crippen LogP contribution in [0.2, 0.25) is 0 Å². The van der Waals surface area contributed by atoms with Crippen LogP contribution in [0.5, 0.6) is 0 Å². The predicted molar refractivity (Wildman–Crippen MR) is 110 cm³/mol. The Morgan fingerprint density at radius 2 is 2.00 bits per heavy atom. The van der Waals surface area contributed by atoms with Gasteiger partial charge in [-0.2, -0.15) is 0 Å². The molecule has 0 aliphatic carbocycles. The molecule has 1 aromatic carbocycles. The Labute approximate surface area is 176 Å². The van der Waals surface area contributed by atoms with Crippen molar-refractivity contribution >= 4 is 5.91 Å². The van der Waals surface area contributed by atoms with Gasteiger partial charge in [-0.1, -0.05) is 19.1 Å². The van der Waals surface area contributed by atoms with E-state index in [0.29, 0.717) is 25.6 Å². The van der Waals surface area contributed by atoms with Gasteiger partial charge in [-0.15, -0.1) is 10.2 Å². The number of benzene rings is 1. The molecule has 162 valence electrons. The molecule has 3 heterocycles. The molecule has 1 N–H and O–H groups in total. The summed E-state index contributed by atoms with van der Waals surface area (Å²) in [6, 6.07) is 6.81. The van der Waals surface area contributed by atoms with Crippen LogP contribution in [-0.2, 0) is 24.4 Å². The topological polar surface area (TPSA) is 72.3 Å². The van der Waals surface area contributed by atoms with Crippen molar-refractivity contribution in [3.05, 3.63) is 47.3 Å². The number of nitrogens with one attached hydrogen (secondary N) is 1. The zero-order valence-corrected chi connectivity index (χ0v) is 17.7. The summed E-state index contributed by atoms with van der Waals surface area (Å²) in [6.45, 7) is 8.45. The molecular formula is C22H30FN5O2. The average Bonchev–Trinajstić information content (AvgIpc) is 3.05. The van der Waals surface area contributed by atoms with E-state index >= 15 is 0 Å². The Hall–Kier alpha value is -2.32. The summed E-state index contributed by atoms with van der Waals surface area (Å²) >= 11 is 0. The number of ether oxygens (including phenoxy) is 1. The summed E-state index contributed by atoms with van der Waals surface area (Å²) in [6.07, 6.45) is 2.81. The Balaban J connectivity index is 1.43. The van der Waals surface area contributed by atoms with Crippen molar-refractivity contribution < 1.29 is 13.9 Å². The highest BCUT2D eigenvalue weighted by atomic mass is 19.1. The maximum Gasteiger partial charge on any atom is 0.289 e. The van der Waals surface area contributed by atoms with Gasteiger partial charge in [0.25, 0.3) is 5.91 Å². The molecule has 1 aromatic heterocycles. The van der Waals surface area contributed by atoms with Crippen LogP contribution in [0.1, 0.15) is 55.1 Å². The number of amides is 1. The third kappa shape index (κ3) is 4.54. The maximum atomic E-state index is 13.1. The van der Waals surface area contributed by atoms with E-state index in [4.69, 9.17) is 4.74 Å². The molecular weight excluding hydrogens is 385 g/mol. The Kier molecular flexibility index (Phi) is 6.15. The lowest BCUT2D eigenvalue weighted by molar-refractivity contribution is -0.00570. The number of carbonyl (C=O) groups excluding carboxylic acids is 1. The highest BCUT2D eigenvalue weighted by Gasteiger charge is 2.39. The van der Waals surface area contributed by atoms with E-state index in [1.807, 2.05) is 30.5 Å². The van der Waals surface area contributed by atoms with E-state index in [2.05, 4.69) is 20.4 Å². The van der Waals surface area contributed by atoms with Gasteiger partial charge in [0.2, 0.25) is 5.82 Å². The number of hydrogen-bond donors (Lipinski definition) is 1. The second-order valence-electron chi connectivity index (χ2n) is 8.70. The lowest BCUT2D eigenvalue weighted by atomic mass is 9.78. The van der Waals surface area contributed by atoms with Crippen LogP contribution in [0.15, 0.2) is 24.3 Å². The molecule has 8 heteroatoms. The summed E-state index contributed by atoms with van der Waals surface area (Å²) in [4.78, 5) is 15.1. The molecule has 0 radical (unpaired) electrons. The van der Waals surface area contributed by atoms with Gasteiger partial charge in [0, 0.05) is 24.5 Å². The highest BCUT2D eigenvalue weighted by molar-refractivity contribution is 5.90. The SMILES string of the molecule is CC[C@H](C)NC(=O)c1nnc2n1CC1(CCN(Cc3ccc(F)cc3)CC1)COC2. The zero-order chi connectivity index (χ0) is 21.1. The van der Waals surface area contributed by atoms with Crippen molar-refractivity contribution in [2.45, 2.75) is 58.8 Å². The fourth-order valence-corrected chi connectivity index (χ4v) is 4.24. The van der Waals surface area contributed by atoms with Gasteiger partial charge in [-0.05, 0) is 57.0 Å². The first-order chi connectivity index (χ1) is 14.5. The first-order valence-electron chi connectivity index (χ1n) is 10.8. The number of carbonyl (C=O) groups is 1. The summed E-state index contributed by atoms with van der Waals surface area (Å²) in [7, 11) is 0. The zero-order valence-electron chi connectivity index (χ0n) is 17.7. The van der Waals surface area contributed by atoms with Crippen LogP contribution in [0, 0.1) is 11.2 Å². The van der Waals surface area contributed by atoms with Crippen molar-refractivity contribution in [2.75, 3.05) is 19.7 Å². The minimum Gasteiger partial charge on any atom is -0.373 e. The number of aromatic nitrogens is 3. The normalized spacial score (nSPS) is 19.8. The molecule has 1 amide bonds. The molecule has 7 nitrogen and oxygen atoms in total. The number of piperidine rings is 1. The third-order valence-corrected chi connectivity index (χ3v) is 6.39. The van der Waals surface area contributed by atoms with Gasteiger partial charge in [0.05, 0.1) is 6.61 Å². The number of likely N-dealkylation sites (tertiary alicyclic amines) is 1. The first-order valence-corrected chi connectivity index (χ1v) is 10.8. The fourth-order valence-electron chi connectivity index (χ4n) is 4.24. The molecule has 30 heavy (non-hydrogen) atoms. The molecule has 1 saturated heterocycles. The molecule has 2 aromatic rings. The van der Waals surface area contributed by atoms with E-state index in [0.717, 1.165) is 50.3 Å². The van der Waals surface area contributed by atoms with Gasteiger partial charge in [-0.3, -0.25) is 9.69 Å². The van der Waals surface area contributed by atoms with Crippen LogP contribution in [-0.4, -0.2) is 51.3 Å². The standard InChI is InChI=1S/C22H30FN5O2/c1-3-16(2)24-21(29)20-26-25-19-13-30-15-22(14-28(19)20)8-10-27(11-9-22)12-17-4-6-18(23)7-5-17/h4-7,16H,3,8-15H2,1-2H3,(H,24,29)/t16-/m0/s1. The molecule has 1 atom stereocenters. The van der Waals surface area contributed by atoms with Gasteiger partial charge in [-0.25, -0.2) is 4.39 Å². The second kappa shape index (κ2) is 8.81. The molecule has 0 saturated carbocycles. The van der Waals surface area contributed by atoms with E-state index in [1.54, 1.807) is 0 Å². The van der Waals surface area contributed by atoms with Gasteiger partial charge < -0.3 is 14.6 Å². The number of hydrogen-bond acceptors (Lipinski definition) is 5. The molecule has 2 aliphatic heterocycles. The smallest absolute Gasteiger partial charge is 0.289 e. The van der Waals surface area contributed by atoms with Crippen LogP contribution in [0.4, 0.5) is 4.39 Å². The lowest BCUT2D eigenvalue weighted by Gasteiger charge is -2.41. The Morgan fingerprint density at radius 3 is 2.70 bits per heavy atom. The number of halogens is 1. The van der Waals surface area contributed by atoms with Gasteiger partial charge in [0.15, 0.2) is 5.82 Å². The maximum absolute atomic E-state index is 13.1. The largest absolute Gasteiger partial charge is 0.373 e. The summed E-state index contributed by atoms with van der Waals surface area (Å²) in [5, 5.41) is 11.4. The van der Waals surface area contributed by atoms with E-state index < -0.39 is 0 Å². The Bertz CT molecular complexity index is 874. The van der Waals surface area contributed by atoms with Crippen LogP contribution < -0.4 is 5.32 Å². The summed E-state index contributed by atoms with van der Waals surface area (Å²) in [5.74, 6) is 0.720. The van der Waals surface area contributed by atoms with Crippen LogP contribution >= 0.6 is 0 Å². The number of nitrogens with zero attached hydrogens (tertiary/aromatic N) is 4. The van der Waals surface area contributed by atoms with Crippen molar-refractivity contribution in [1.29, 1.82) is 0 Å². The molecule has 1 fully saturated rings. The van der Waals surface area contributed by atoms with E-state index in [1.165, 1.54) is 12.1 Å². The quantitative estimate of drug-likeness (QED) is 0.813. The van der Waals surface area contributed by atoms with Crippen molar-refractivity contribution in [3.63, 3.8) is 0 Å². The second-order valence-corrected chi connectivity index (χ2v) is 8.70. The lowest BCUT2D eigenvalue weighted by Crippen LogP contribution is -2.44. The molecule has 0 bridgehead atoms. The first kappa shape index (κ1) is 20.9. The summed E-state index contributed by atoms with van der Waals surface area (Å²) < 4.78 is 21.1. The minimum atomic E-state index is -0.204. The predicted octanol–water partition coefficient (Wildman–Crippen LogP) is 2.76. The van der Waals surface area contributed by atoms with Crippen molar-refractivity contribution in [2.24, 2.45) is 5.41 Å². The monoisotopic (exact) mass is 415 g/mol. The van der Waals surface area contributed by atoms with Gasteiger partial charge in [0.1, 0.15) is 12.4 Å². The average molecular weight is 416 g/mol. The molecule has 1 spiro atoms. The van der Waals surface area contributed by atoms with Crippen molar-refractivity contribution in [3.8, 4) is 0 Å². The van der Waals surface area contributed by atoms with Crippen LogP contribution in [0.25, 0.3) is 0 Å². The molecule has 0 unspecified atom stereocenters. The highest BCUT2D eigenvalue weighted by Crippen LogP contribution is 2.36. The molecule has 2 aliphatic rings. The molecule has 4 rings (SSSR count). The van der Waals surface area contributed by atoms with Crippen LogP contribution in [0.3, 0.4) is 0 Å². The van der Waals surface area contributed by atoms with E-state index in [9.17, 15) is 9.18 Å². The number of fused-ring (bicyclic) bond motifs is 1. The summed E-state index contributed by atoms with van der Waals surface area (Å²) in [5.41, 5.74) is 1.09. The van der Waals surface area contributed by atoms with E-state index in [-0.39, 0.29) is 23.2 Å². The van der Waals surface area contributed by atoms with Crippen molar-refractivity contribution in [1.82, 2.24) is 25.0 Å². The number of rotatable bonds is 5. The van der Waals surface area contributed by atoms with Gasteiger partial charge >= 0.3 is 0 Å². The third-order valence-electron chi connectivity index (χ3n) is 6.39. The Morgan fingerprint density at radius 1 is 1.27 bits per heavy atom. The minimum absolute atomic E-state index is 0.0294.